The van der Waals surface area contributed by atoms with E-state index in [1.165, 1.54) is 42.1 Å². The topological polar surface area (TPSA) is 3.24 Å². The van der Waals surface area contributed by atoms with E-state index in [2.05, 4.69) is 132 Å². The molecule has 0 saturated carbocycles. The number of nitrogens with zero attached hydrogens (tertiary/aromatic N) is 1. The summed E-state index contributed by atoms with van der Waals surface area (Å²) in [5.41, 5.74) is 5.84. The van der Waals surface area contributed by atoms with Crippen LogP contribution in [0.2, 0.25) is 5.02 Å². The number of benzene rings is 6. The maximum atomic E-state index is 6.28. The molecule has 0 aliphatic carbocycles. The van der Waals surface area contributed by atoms with Gasteiger partial charge in [-0.15, -0.1) is 11.3 Å². The lowest BCUT2D eigenvalue weighted by Gasteiger charge is -2.26. The zero-order valence-corrected chi connectivity index (χ0v) is 21.5. The van der Waals surface area contributed by atoms with E-state index in [0.717, 1.165) is 22.1 Å². The highest BCUT2D eigenvalue weighted by atomic mass is 35.5. The Balaban J connectivity index is 1.36. The molecule has 7 rings (SSSR count). The first kappa shape index (κ1) is 22.1. The van der Waals surface area contributed by atoms with Crippen LogP contribution in [0, 0.1) is 0 Å². The van der Waals surface area contributed by atoms with E-state index in [0.29, 0.717) is 0 Å². The Morgan fingerprint density at radius 2 is 1.22 bits per heavy atom. The van der Waals surface area contributed by atoms with Crippen molar-refractivity contribution in [3.05, 3.63) is 138 Å². The summed E-state index contributed by atoms with van der Waals surface area (Å²) in [7, 11) is 0. The fraction of sp³-hybridized carbons (Fsp3) is 0. The van der Waals surface area contributed by atoms with Gasteiger partial charge in [-0.3, -0.25) is 0 Å². The zero-order chi connectivity index (χ0) is 24.8. The van der Waals surface area contributed by atoms with Gasteiger partial charge >= 0.3 is 0 Å². The van der Waals surface area contributed by atoms with Crippen molar-refractivity contribution in [3.8, 4) is 11.1 Å². The van der Waals surface area contributed by atoms with Gasteiger partial charge in [0.1, 0.15) is 0 Å². The van der Waals surface area contributed by atoms with Crippen molar-refractivity contribution in [2.24, 2.45) is 0 Å². The van der Waals surface area contributed by atoms with Crippen molar-refractivity contribution in [2.45, 2.75) is 0 Å². The van der Waals surface area contributed by atoms with Gasteiger partial charge in [0.15, 0.2) is 0 Å². The second-order valence-electron chi connectivity index (χ2n) is 9.17. The minimum absolute atomic E-state index is 0.775. The zero-order valence-electron chi connectivity index (χ0n) is 19.9. The third-order valence-electron chi connectivity index (χ3n) is 6.92. The highest BCUT2D eigenvalue weighted by molar-refractivity contribution is 7.25. The number of anilines is 3. The normalized spacial score (nSPS) is 11.4. The standard InChI is InChI=1S/C34H22ClNS/c35-25-15-19-31-32-22-28(18-20-33(32)37-34(31)21-25)36(26-9-2-1-3-10-26)27-16-13-24(14-17-27)30-12-6-8-23-7-4-5-11-29(23)30/h1-22H. The molecule has 0 aliphatic rings. The summed E-state index contributed by atoms with van der Waals surface area (Å²) in [5.74, 6) is 0. The number of para-hydroxylation sites is 1. The van der Waals surface area contributed by atoms with Gasteiger partial charge in [-0.1, -0.05) is 90.5 Å². The van der Waals surface area contributed by atoms with Crippen LogP contribution < -0.4 is 4.90 Å². The number of rotatable bonds is 4. The lowest BCUT2D eigenvalue weighted by molar-refractivity contribution is 1.29. The molecule has 0 unspecified atom stereocenters. The van der Waals surface area contributed by atoms with Crippen molar-refractivity contribution in [3.63, 3.8) is 0 Å². The Kier molecular flexibility index (Phi) is 5.43. The van der Waals surface area contributed by atoms with Crippen molar-refractivity contribution in [1.82, 2.24) is 0 Å². The predicted octanol–water partition coefficient (Wildman–Crippen LogP) is 11.0. The maximum Gasteiger partial charge on any atom is 0.0468 e. The Morgan fingerprint density at radius 3 is 2.08 bits per heavy atom. The molecule has 0 aliphatic heterocycles. The highest BCUT2D eigenvalue weighted by Crippen LogP contribution is 2.41. The molecule has 0 saturated heterocycles. The van der Waals surface area contributed by atoms with Crippen molar-refractivity contribution in [1.29, 1.82) is 0 Å². The molecule has 37 heavy (non-hydrogen) atoms. The molecule has 0 radical (unpaired) electrons. The largest absolute Gasteiger partial charge is 0.310 e. The van der Waals surface area contributed by atoms with Gasteiger partial charge < -0.3 is 4.90 Å². The Hall–Kier alpha value is -4.11. The van der Waals surface area contributed by atoms with Gasteiger partial charge in [0.25, 0.3) is 0 Å². The summed E-state index contributed by atoms with van der Waals surface area (Å²) < 4.78 is 2.48. The Morgan fingerprint density at radius 1 is 0.486 bits per heavy atom. The molecule has 0 amide bonds. The molecule has 7 aromatic rings. The lowest BCUT2D eigenvalue weighted by Crippen LogP contribution is -2.09. The van der Waals surface area contributed by atoms with Crippen molar-refractivity contribution in [2.75, 3.05) is 4.90 Å². The first-order chi connectivity index (χ1) is 18.2. The average Bonchev–Trinajstić information content (AvgIpc) is 3.31. The van der Waals surface area contributed by atoms with Gasteiger partial charge in [-0.25, -0.2) is 0 Å². The summed E-state index contributed by atoms with van der Waals surface area (Å²) in [6.45, 7) is 0. The van der Waals surface area contributed by atoms with Gasteiger partial charge in [0, 0.05) is 42.3 Å². The van der Waals surface area contributed by atoms with E-state index in [1.807, 2.05) is 6.07 Å². The first-order valence-electron chi connectivity index (χ1n) is 12.3. The van der Waals surface area contributed by atoms with Crippen LogP contribution in [0.4, 0.5) is 17.1 Å². The minimum Gasteiger partial charge on any atom is -0.310 e. The minimum atomic E-state index is 0.775. The van der Waals surface area contributed by atoms with E-state index >= 15 is 0 Å². The SMILES string of the molecule is Clc1ccc2c(c1)sc1ccc(N(c3ccccc3)c3ccc(-c4cccc5ccccc45)cc3)cc12. The van der Waals surface area contributed by atoms with E-state index in [-0.39, 0.29) is 0 Å². The molecule has 0 N–H and O–H groups in total. The second-order valence-corrected chi connectivity index (χ2v) is 10.7. The summed E-state index contributed by atoms with van der Waals surface area (Å²) in [6, 6.07) is 47.4. The molecule has 1 nitrogen and oxygen atoms in total. The Labute approximate surface area is 224 Å². The van der Waals surface area contributed by atoms with Gasteiger partial charge in [-0.2, -0.15) is 0 Å². The van der Waals surface area contributed by atoms with Crippen LogP contribution in [0.5, 0.6) is 0 Å². The summed E-state index contributed by atoms with van der Waals surface area (Å²) in [5, 5.41) is 5.80. The smallest absolute Gasteiger partial charge is 0.0468 e. The van der Waals surface area contributed by atoms with E-state index in [9.17, 15) is 0 Å². The van der Waals surface area contributed by atoms with Gasteiger partial charge in [0.05, 0.1) is 0 Å². The van der Waals surface area contributed by atoms with Crippen molar-refractivity contribution < 1.29 is 0 Å². The number of fused-ring (bicyclic) bond motifs is 4. The molecule has 0 bridgehead atoms. The van der Waals surface area contributed by atoms with E-state index in [4.69, 9.17) is 11.6 Å². The quantitative estimate of drug-likeness (QED) is 0.227. The third-order valence-corrected chi connectivity index (χ3v) is 8.28. The lowest BCUT2D eigenvalue weighted by atomic mass is 9.98. The fourth-order valence-corrected chi connectivity index (χ4v) is 6.53. The highest BCUT2D eigenvalue weighted by Gasteiger charge is 2.15. The molecule has 0 fully saturated rings. The predicted molar refractivity (Wildman–Crippen MR) is 162 cm³/mol. The Bertz CT molecular complexity index is 1880. The first-order valence-corrected chi connectivity index (χ1v) is 13.5. The third kappa shape index (κ3) is 3.95. The van der Waals surface area contributed by atoms with Crippen LogP contribution in [-0.2, 0) is 0 Å². The monoisotopic (exact) mass is 511 g/mol. The average molecular weight is 512 g/mol. The molecule has 1 aromatic heterocycles. The molecule has 3 heteroatoms. The van der Waals surface area contributed by atoms with Crippen molar-refractivity contribution >= 4 is 70.9 Å². The van der Waals surface area contributed by atoms with Crippen LogP contribution in [0.1, 0.15) is 0 Å². The molecule has 176 valence electrons. The molecule has 6 aromatic carbocycles. The van der Waals surface area contributed by atoms with E-state index < -0.39 is 0 Å². The van der Waals surface area contributed by atoms with Crippen LogP contribution >= 0.6 is 22.9 Å². The maximum absolute atomic E-state index is 6.28. The molecule has 0 spiro atoms. The van der Waals surface area contributed by atoms with Gasteiger partial charge in [0.2, 0.25) is 0 Å². The second kappa shape index (κ2) is 9.08. The number of hydrogen-bond acceptors (Lipinski definition) is 2. The molecule has 0 atom stereocenters. The number of halogens is 1. The summed E-state index contributed by atoms with van der Waals surface area (Å²) >= 11 is 8.06. The number of thiophene rings is 1. The van der Waals surface area contributed by atoms with Crippen LogP contribution in [0.15, 0.2) is 133 Å². The molecule has 1 heterocycles. The van der Waals surface area contributed by atoms with Crippen LogP contribution in [0.25, 0.3) is 42.1 Å². The summed E-state index contributed by atoms with van der Waals surface area (Å²) in [4.78, 5) is 2.33. The molecular formula is C34H22ClNS. The van der Waals surface area contributed by atoms with E-state index in [1.54, 1.807) is 11.3 Å². The summed E-state index contributed by atoms with van der Waals surface area (Å²) in [6.07, 6.45) is 0. The number of hydrogen-bond donors (Lipinski definition) is 0. The van der Waals surface area contributed by atoms with Crippen LogP contribution in [0.3, 0.4) is 0 Å². The van der Waals surface area contributed by atoms with Crippen LogP contribution in [-0.4, -0.2) is 0 Å². The molecular weight excluding hydrogens is 490 g/mol. The van der Waals surface area contributed by atoms with Gasteiger partial charge in [-0.05, 0) is 76.5 Å². The fourth-order valence-electron chi connectivity index (χ4n) is 5.17.